The zero-order valence-corrected chi connectivity index (χ0v) is 21.0. The van der Waals surface area contributed by atoms with Crippen LogP contribution >= 0.6 is 0 Å². The minimum atomic E-state index is -0.321. The van der Waals surface area contributed by atoms with Crippen molar-refractivity contribution in [1.82, 2.24) is 0 Å². The molecule has 0 aliphatic rings. The van der Waals surface area contributed by atoms with Gasteiger partial charge in [-0.15, -0.1) is 0 Å². The Morgan fingerprint density at radius 1 is 0.667 bits per heavy atom. The van der Waals surface area contributed by atoms with Gasteiger partial charge in [0.1, 0.15) is 0 Å². The molecular weight excluding hydrogens is 460 g/mol. The third-order valence-corrected chi connectivity index (χ3v) is 5.28. The fraction of sp³-hybridized carbons (Fsp3) is 0.179. The van der Waals surface area contributed by atoms with Gasteiger partial charge in [-0.25, -0.2) is 0 Å². The monoisotopic (exact) mass is 490 g/mol. The van der Waals surface area contributed by atoms with Gasteiger partial charge in [0.15, 0.2) is 23.0 Å². The zero-order valence-electron chi connectivity index (χ0n) is 21.0. The summed E-state index contributed by atoms with van der Waals surface area (Å²) in [7, 11) is 7.74. The quantitative estimate of drug-likeness (QED) is 0.231. The Bertz CT molecular complexity index is 1240. The third kappa shape index (κ3) is 6.29. The van der Waals surface area contributed by atoms with Gasteiger partial charge in [-0.3, -0.25) is 4.79 Å². The molecule has 0 aliphatic carbocycles. The largest absolute Gasteiger partial charge is 0.493 e. The van der Waals surface area contributed by atoms with E-state index in [0.717, 1.165) is 16.7 Å². The third-order valence-electron chi connectivity index (χ3n) is 5.28. The zero-order chi connectivity index (χ0) is 26.1. The highest BCUT2D eigenvalue weighted by Crippen LogP contribution is 2.40. The number of benzene rings is 3. The van der Waals surface area contributed by atoms with E-state index in [1.165, 1.54) is 20.3 Å². The fourth-order valence-electron chi connectivity index (χ4n) is 3.52. The minimum Gasteiger partial charge on any atom is -0.493 e. The molecular formula is C28H30N2O6. The van der Waals surface area contributed by atoms with Gasteiger partial charge in [0.25, 0.3) is 0 Å². The molecule has 0 spiro atoms. The molecule has 8 nitrogen and oxygen atoms in total. The number of carbonyl (C=O) groups is 1. The second-order valence-corrected chi connectivity index (χ2v) is 7.59. The summed E-state index contributed by atoms with van der Waals surface area (Å²) in [4.78, 5) is 12.6. The van der Waals surface area contributed by atoms with Gasteiger partial charge in [-0.2, -0.15) is 0 Å². The lowest BCUT2D eigenvalue weighted by Gasteiger charge is -2.14. The average Bonchev–Trinajstić information content (AvgIpc) is 2.90. The maximum Gasteiger partial charge on any atom is 0.248 e. The second kappa shape index (κ2) is 12.2. The van der Waals surface area contributed by atoms with E-state index in [-0.39, 0.29) is 5.91 Å². The molecule has 0 aliphatic heterocycles. The number of nitrogens with two attached hydrogens (primary N) is 1. The van der Waals surface area contributed by atoms with Crippen molar-refractivity contribution in [2.75, 3.05) is 46.6 Å². The molecule has 3 rings (SSSR count). The summed E-state index contributed by atoms with van der Waals surface area (Å²) in [5.74, 6) is 2.17. The normalized spacial score (nSPS) is 10.9. The Morgan fingerprint density at radius 2 is 1.17 bits per heavy atom. The van der Waals surface area contributed by atoms with Crippen LogP contribution in [-0.2, 0) is 4.79 Å². The summed E-state index contributed by atoms with van der Waals surface area (Å²) in [5, 5.41) is 2.86. The highest BCUT2D eigenvalue weighted by atomic mass is 16.5. The van der Waals surface area contributed by atoms with Crippen LogP contribution in [0.25, 0.3) is 18.2 Å². The van der Waals surface area contributed by atoms with Gasteiger partial charge in [-0.1, -0.05) is 24.3 Å². The van der Waals surface area contributed by atoms with E-state index < -0.39 is 0 Å². The Hall–Kier alpha value is -4.59. The van der Waals surface area contributed by atoms with E-state index in [1.807, 2.05) is 42.5 Å². The van der Waals surface area contributed by atoms with Crippen LogP contribution in [0.5, 0.6) is 28.7 Å². The van der Waals surface area contributed by atoms with E-state index in [0.29, 0.717) is 40.1 Å². The van der Waals surface area contributed by atoms with Crippen molar-refractivity contribution in [3.05, 3.63) is 71.3 Å². The van der Waals surface area contributed by atoms with Crippen molar-refractivity contribution in [2.24, 2.45) is 0 Å². The average molecular weight is 491 g/mol. The SMILES string of the molecule is COc1cc(/C=C/c2cc(OC)c(OC)c(OC)c2)cc(NC(=O)/C=C/c2ccc(N)cc2)c1OC. The van der Waals surface area contributed by atoms with Crippen LogP contribution in [0.2, 0.25) is 0 Å². The number of anilines is 2. The van der Waals surface area contributed by atoms with Crippen LogP contribution in [0.1, 0.15) is 16.7 Å². The van der Waals surface area contributed by atoms with Crippen LogP contribution in [0, 0.1) is 0 Å². The Kier molecular flexibility index (Phi) is 8.83. The van der Waals surface area contributed by atoms with Crippen LogP contribution < -0.4 is 34.7 Å². The summed E-state index contributed by atoms with van der Waals surface area (Å²) < 4.78 is 27.2. The van der Waals surface area contributed by atoms with E-state index in [2.05, 4.69) is 5.32 Å². The van der Waals surface area contributed by atoms with Gasteiger partial charge in [0.05, 0.1) is 41.2 Å². The predicted molar refractivity (Wildman–Crippen MR) is 143 cm³/mol. The second-order valence-electron chi connectivity index (χ2n) is 7.59. The van der Waals surface area contributed by atoms with Crippen molar-refractivity contribution < 1.29 is 28.5 Å². The molecule has 0 radical (unpaired) electrons. The predicted octanol–water partition coefficient (Wildman–Crippen LogP) is 5.13. The van der Waals surface area contributed by atoms with E-state index in [9.17, 15) is 4.79 Å². The molecule has 0 heterocycles. The van der Waals surface area contributed by atoms with Gasteiger partial charge >= 0.3 is 0 Å². The Labute approximate surface area is 210 Å². The molecule has 0 saturated carbocycles. The van der Waals surface area contributed by atoms with Crippen molar-refractivity contribution in [2.45, 2.75) is 0 Å². The number of nitrogen functional groups attached to an aromatic ring is 1. The molecule has 0 fully saturated rings. The van der Waals surface area contributed by atoms with Crippen LogP contribution in [0.4, 0.5) is 11.4 Å². The number of rotatable bonds is 10. The molecule has 0 unspecified atom stereocenters. The van der Waals surface area contributed by atoms with Crippen molar-refractivity contribution in [1.29, 1.82) is 0 Å². The Balaban J connectivity index is 1.90. The molecule has 0 aromatic heterocycles. The lowest BCUT2D eigenvalue weighted by atomic mass is 10.1. The maximum atomic E-state index is 12.6. The number of hydrogen-bond donors (Lipinski definition) is 2. The molecule has 0 atom stereocenters. The first-order chi connectivity index (χ1) is 17.4. The molecule has 3 aromatic carbocycles. The lowest BCUT2D eigenvalue weighted by Crippen LogP contribution is -2.09. The van der Waals surface area contributed by atoms with Crippen molar-refractivity contribution >= 4 is 35.5 Å². The Morgan fingerprint density at radius 3 is 1.67 bits per heavy atom. The van der Waals surface area contributed by atoms with Crippen molar-refractivity contribution in [3.63, 3.8) is 0 Å². The summed E-state index contributed by atoms with van der Waals surface area (Å²) in [6.45, 7) is 0. The van der Waals surface area contributed by atoms with Gasteiger partial charge in [-0.05, 0) is 59.2 Å². The highest BCUT2D eigenvalue weighted by Gasteiger charge is 2.14. The summed E-state index contributed by atoms with van der Waals surface area (Å²) in [6, 6.07) is 14.5. The van der Waals surface area contributed by atoms with Gasteiger partial charge in [0.2, 0.25) is 11.7 Å². The molecule has 8 heteroatoms. The van der Waals surface area contributed by atoms with Crippen LogP contribution in [0.3, 0.4) is 0 Å². The van der Waals surface area contributed by atoms with Gasteiger partial charge in [0, 0.05) is 11.8 Å². The highest BCUT2D eigenvalue weighted by molar-refractivity contribution is 6.03. The van der Waals surface area contributed by atoms with Crippen LogP contribution in [0.15, 0.2) is 54.6 Å². The number of nitrogens with one attached hydrogen (secondary N) is 1. The summed E-state index contributed by atoms with van der Waals surface area (Å²) >= 11 is 0. The molecule has 188 valence electrons. The lowest BCUT2D eigenvalue weighted by molar-refractivity contribution is -0.111. The first-order valence-corrected chi connectivity index (χ1v) is 11.0. The van der Waals surface area contributed by atoms with Crippen LogP contribution in [-0.4, -0.2) is 41.5 Å². The molecule has 0 bridgehead atoms. The summed E-state index contributed by atoms with van der Waals surface area (Å²) in [5.41, 5.74) is 9.29. The molecule has 36 heavy (non-hydrogen) atoms. The number of hydrogen-bond acceptors (Lipinski definition) is 7. The fourth-order valence-corrected chi connectivity index (χ4v) is 3.52. The number of amides is 1. The minimum absolute atomic E-state index is 0.321. The molecule has 3 N–H and O–H groups in total. The number of methoxy groups -OCH3 is 5. The van der Waals surface area contributed by atoms with E-state index in [1.54, 1.807) is 45.6 Å². The number of carbonyl (C=O) groups excluding carboxylic acids is 1. The maximum absolute atomic E-state index is 12.6. The number of ether oxygens (including phenoxy) is 5. The topological polar surface area (TPSA) is 101 Å². The smallest absolute Gasteiger partial charge is 0.248 e. The summed E-state index contributed by atoms with van der Waals surface area (Å²) in [6.07, 6.45) is 6.91. The van der Waals surface area contributed by atoms with E-state index in [4.69, 9.17) is 29.4 Å². The molecule has 1 amide bonds. The first kappa shape index (κ1) is 26.0. The molecule has 0 saturated heterocycles. The first-order valence-electron chi connectivity index (χ1n) is 11.0. The van der Waals surface area contributed by atoms with Gasteiger partial charge < -0.3 is 34.7 Å². The van der Waals surface area contributed by atoms with Crippen molar-refractivity contribution in [3.8, 4) is 28.7 Å². The molecule has 3 aromatic rings. The standard InChI is InChI=1S/C28H30N2O6/c1-32-23-15-19(6-7-20-16-24(33-2)28(36-5)25(17-20)34-3)14-22(27(23)35-4)30-26(31)13-10-18-8-11-21(29)12-9-18/h6-17H,29H2,1-5H3,(H,30,31)/b7-6+,13-10+. The van der Waals surface area contributed by atoms with E-state index >= 15 is 0 Å².